The molecule has 0 saturated carbocycles. The molecule has 27 heavy (non-hydrogen) atoms. The zero-order valence-electron chi connectivity index (χ0n) is 15.3. The van der Waals surface area contributed by atoms with Crippen LogP contribution in [0.5, 0.6) is 0 Å². The van der Waals surface area contributed by atoms with Crippen molar-refractivity contribution in [3.8, 4) is 0 Å². The first-order chi connectivity index (χ1) is 13.1. The number of nitrogens with one attached hydrogen (secondary N) is 1. The average molecular weight is 372 g/mol. The Hall–Kier alpha value is -1.93. The molecule has 2 aromatic rings. The van der Waals surface area contributed by atoms with Crippen molar-refractivity contribution in [3.05, 3.63) is 35.5 Å². The SMILES string of the molecule is COC(=O)[C@@]12COC[C@@H](O)[C@@]3(CO)[C@@H]1CCN3Cc1c2[nH]c2ccccc12. The molecule has 3 N–H and O–H groups in total. The molecule has 0 radical (unpaired) electrons. The van der Waals surface area contributed by atoms with Crippen molar-refractivity contribution in [2.24, 2.45) is 5.92 Å². The number of carbonyl (C=O) groups excluding carboxylic acids is 1. The van der Waals surface area contributed by atoms with E-state index in [4.69, 9.17) is 9.47 Å². The molecule has 5 atom stereocenters. The quantitative estimate of drug-likeness (QED) is 0.666. The molecule has 1 aromatic carbocycles. The van der Waals surface area contributed by atoms with Crippen molar-refractivity contribution >= 4 is 16.9 Å². The van der Waals surface area contributed by atoms with E-state index in [1.165, 1.54) is 7.11 Å². The fraction of sp³-hybridized carbons (Fsp3) is 0.550. The van der Waals surface area contributed by atoms with E-state index in [0.29, 0.717) is 19.5 Å². The van der Waals surface area contributed by atoms with E-state index in [1.807, 2.05) is 24.3 Å². The number of esters is 1. The van der Waals surface area contributed by atoms with Crippen molar-refractivity contribution in [2.75, 3.05) is 33.5 Å². The van der Waals surface area contributed by atoms with E-state index in [1.54, 1.807) is 0 Å². The molecule has 3 aliphatic rings. The van der Waals surface area contributed by atoms with E-state index in [-0.39, 0.29) is 31.7 Å². The number of H-pyrrole nitrogens is 1. The molecule has 1 unspecified atom stereocenters. The molecule has 2 saturated heterocycles. The molecular weight excluding hydrogens is 348 g/mol. The number of para-hydroxylation sites is 1. The Morgan fingerprint density at radius 3 is 3.04 bits per heavy atom. The number of hydrogen-bond acceptors (Lipinski definition) is 6. The van der Waals surface area contributed by atoms with Crippen molar-refractivity contribution in [1.29, 1.82) is 0 Å². The Bertz CT molecular complexity index is 911. The van der Waals surface area contributed by atoms with Gasteiger partial charge in [-0.15, -0.1) is 0 Å². The molecule has 1 aromatic heterocycles. The molecule has 7 nitrogen and oxygen atoms in total. The highest BCUT2D eigenvalue weighted by Crippen LogP contribution is 2.55. The third kappa shape index (κ3) is 1.92. The van der Waals surface area contributed by atoms with E-state index in [2.05, 4.69) is 9.88 Å². The third-order valence-electron chi connectivity index (χ3n) is 7.07. The summed E-state index contributed by atoms with van der Waals surface area (Å²) in [5.41, 5.74) is 0.774. The van der Waals surface area contributed by atoms with Gasteiger partial charge in [-0.3, -0.25) is 9.69 Å². The monoisotopic (exact) mass is 372 g/mol. The highest BCUT2D eigenvalue weighted by Gasteiger charge is 2.68. The number of fused-ring (bicyclic) bond motifs is 4. The van der Waals surface area contributed by atoms with E-state index >= 15 is 0 Å². The topological polar surface area (TPSA) is 95.0 Å². The summed E-state index contributed by atoms with van der Waals surface area (Å²) in [6.45, 7) is 1.24. The lowest BCUT2D eigenvalue weighted by Crippen LogP contribution is -2.63. The number of aliphatic hydroxyl groups is 2. The van der Waals surface area contributed by atoms with Gasteiger partial charge in [0.2, 0.25) is 0 Å². The molecule has 3 aliphatic heterocycles. The molecule has 0 amide bonds. The van der Waals surface area contributed by atoms with Crippen LogP contribution in [0.15, 0.2) is 24.3 Å². The lowest BCUT2D eigenvalue weighted by atomic mass is 9.63. The maximum Gasteiger partial charge on any atom is 0.320 e. The second kappa shape index (κ2) is 5.78. The summed E-state index contributed by atoms with van der Waals surface area (Å²) in [4.78, 5) is 18.9. The van der Waals surface area contributed by atoms with Gasteiger partial charge in [-0.1, -0.05) is 18.2 Å². The van der Waals surface area contributed by atoms with Gasteiger partial charge < -0.3 is 24.7 Å². The summed E-state index contributed by atoms with van der Waals surface area (Å²) in [6, 6.07) is 7.98. The Balaban J connectivity index is 1.87. The second-order valence-corrected chi connectivity index (χ2v) is 7.93. The summed E-state index contributed by atoms with van der Waals surface area (Å²) >= 11 is 0. The van der Waals surface area contributed by atoms with Crippen LogP contribution in [-0.2, 0) is 26.2 Å². The van der Waals surface area contributed by atoms with Crippen molar-refractivity contribution in [2.45, 2.75) is 30.0 Å². The first-order valence-corrected chi connectivity index (χ1v) is 9.39. The van der Waals surface area contributed by atoms with Crippen LogP contribution < -0.4 is 0 Å². The summed E-state index contributed by atoms with van der Waals surface area (Å²) in [5, 5.41) is 22.5. The standard InChI is InChI=1S/C20H24N2O5/c1-26-18(25)19-11-27-9-16(24)20(10-23)15(19)6-7-22(20)8-13-12-4-2-3-5-14(12)21-17(13)19/h2-5,15-16,21,23-24H,6-11H2,1H3/t15-,16-,19+,20-/m1/s1. The first kappa shape index (κ1) is 17.2. The van der Waals surface area contributed by atoms with Gasteiger partial charge in [0.1, 0.15) is 5.41 Å². The smallest absolute Gasteiger partial charge is 0.320 e. The second-order valence-electron chi connectivity index (χ2n) is 7.93. The van der Waals surface area contributed by atoms with Crippen LogP contribution in [0, 0.1) is 5.92 Å². The molecule has 2 fully saturated rings. The fourth-order valence-corrected chi connectivity index (χ4v) is 5.87. The van der Waals surface area contributed by atoms with Crippen molar-refractivity contribution in [1.82, 2.24) is 9.88 Å². The lowest BCUT2D eigenvalue weighted by molar-refractivity contribution is -0.154. The van der Waals surface area contributed by atoms with Crippen LogP contribution in [-0.4, -0.2) is 71.2 Å². The van der Waals surface area contributed by atoms with Gasteiger partial charge in [-0.05, 0) is 24.6 Å². The third-order valence-corrected chi connectivity index (χ3v) is 7.07. The van der Waals surface area contributed by atoms with Gasteiger partial charge in [-0.25, -0.2) is 0 Å². The maximum absolute atomic E-state index is 13.3. The van der Waals surface area contributed by atoms with Crippen molar-refractivity contribution in [3.63, 3.8) is 0 Å². The molecule has 144 valence electrons. The van der Waals surface area contributed by atoms with Gasteiger partial charge >= 0.3 is 5.97 Å². The van der Waals surface area contributed by atoms with Crippen LogP contribution in [0.3, 0.4) is 0 Å². The van der Waals surface area contributed by atoms with E-state index in [0.717, 1.165) is 22.2 Å². The van der Waals surface area contributed by atoms with Crippen LogP contribution >= 0.6 is 0 Å². The summed E-state index contributed by atoms with van der Waals surface area (Å²) in [7, 11) is 1.39. The minimum absolute atomic E-state index is 0.0852. The number of hydrogen-bond donors (Lipinski definition) is 3. The highest BCUT2D eigenvalue weighted by molar-refractivity contribution is 5.91. The molecule has 0 aliphatic carbocycles. The van der Waals surface area contributed by atoms with Crippen LogP contribution in [0.2, 0.25) is 0 Å². The largest absolute Gasteiger partial charge is 0.468 e. The number of rotatable bonds is 2. The predicted octanol–water partition coefficient (Wildman–Crippen LogP) is 0.536. The fourth-order valence-electron chi connectivity index (χ4n) is 5.87. The normalized spacial score (nSPS) is 37.5. The van der Waals surface area contributed by atoms with Gasteiger partial charge in [0.05, 0.1) is 38.6 Å². The minimum Gasteiger partial charge on any atom is -0.468 e. The Kier molecular flexibility index (Phi) is 3.68. The Morgan fingerprint density at radius 2 is 2.26 bits per heavy atom. The maximum atomic E-state index is 13.3. The van der Waals surface area contributed by atoms with Crippen LogP contribution in [0.25, 0.3) is 10.9 Å². The number of aromatic amines is 1. The van der Waals surface area contributed by atoms with E-state index in [9.17, 15) is 15.0 Å². The number of aliphatic hydroxyl groups excluding tert-OH is 2. The van der Waals surface area contributed by atoms with Crippen molar-refractivity contribution < 1.29 is 24.5 Å². The lowest BCUT2D eigenvalue weighted by Gasteiger charge is -2.45. The van der Waals surface area contributed by atoms with Gasteiger partial charge in [-0.2, -0.15) is 0 Å². The average Bonchev–Trinajstić information content (AvgIpc) is 3.18. The minimum atomic E-state index is -1.09. The first-order valence-electron chi connectivity index (χ1n) is 9.39. The van der Waals surface area contributed by atoms with Crippen LogP contribution in [0.1, 0.15) is 17.7 Å². The number of benzene rings is 1. The highest BCUT2D eigenvalue weighted by atomic mass is 16.5. The number of ether oxygens (including phenoxy) is 2. The number of carbonyl (C=O) groups is 1. The summed E-state index contributed by atoms with van der Waals surface area (Å²) < 4.78 is 11.1. The zero-order valence-corrected chi connectivity index (χ0v) is 15.3. The molecular formula is C20H24N2O5. The summed E-state index contributed by atoms with van der Waals surface area (Å²) in [6.07, 6.45) is -0.193. The number of methoxy groups -OCH3 is 1. The molecule has 4 heterocycles. The summed E-state index contributed by atoms with van der Waals surface area (Å²) in [5.74, 6) is -0.690. The molecule has 4 bridgehead atoms. The van der Waals surface area contributed by atoms with E-state index < -0.39 is 17.1 Å². The molecule has 7 heteroatoms. The number of nitrogens with zero attached hydrogens (tertiary/aromatic N) is 1. The predicted molar refractivity (Wildman–Crippen MR) is 97.2 cm³/mol. The van der Waals surface area contributed by atoms with Gasteiger partial charge in [0, 0.05) is 29.1 Å². The van der Waals surface area contributed by atoms with Crippen LogP contribution in [0.4, 0.5) is 0 Å². The molecule has 5 rings (SSSR count). The Morgan fingerprint density at radius 1 is 1.44 bits per heavy atom. The molecule has 0 spiro atoms. The zero-order chi connectivity index (χ0) is 18.8. The van der Waals surface area contributed by atoms with Gasteiger partial charge in [0.15, 0.2) is 0 Å². The Labute approximate surface area is 156 Å². The van der Waals surface area contributed by atoms with Gasteiger partial charge in [0.25, 0.3) is 0 Å². The number of aromatic nitrogens is 1.